The highest BCUT2D eigenvalue weighted by atomic mass is 19.4. The predicted molar refractivity (Wildman–Crippen MR) is 43.2 cm³/mol. The Morgan fingerprint density at radius 2 is 2.07 bits per heavy atom. The Balaban J connectivity index is 2.87. The van der Waals surface area contributed by atoms with Crippen LogP contribution in [0, 0.1) is 0 Å². The lowest BCUT2D eigenvalue weighted by atomic mass is 10.3. The molecule has 78 valence electrons. The van der Waals surface area contributed by atoms with Crippen LogP contribution in [0.15, 0.2) is 12.3 Å². The number of nitrogens with two attached hydrogens (primary N) is 2. The van der Waals surface area contributed by atoms with Crippen LogP contribution in [0.2, 0.25) is 0 Å². The van der Waals surface area contributed by atoms with Gasteiger partial charge in [-0.15, -0.1) is 13.2 Å². The molecule has 0 aliphatic carbocycles. The molecule has 1 aromatic heterocycles. The van der Waals surface area contributed by atoms with Gasteiger partial charge in [0, 0.05) is 12.6 Å². The first-order chi connectivity index (χ1) is 6.42. The molecule has 0 bridgehead atoms. The number of pyridine rings is 1. The second-order valence-electron chi connectivity index (χ2n) is 2.46. The molecule has 1 aromatic rings. The molecule has 0 radical (unpaired) electrons. The Morgan fingerprint density at radius 1 is 1.43 bits per heavy atom. The highest BCUT2D eigenvalue weighted by Crippen LogP contribution is 2.24. The van der Waals surface area contributed by atoms with Gasteiger partial charge in [0.15, 0.2) is 0 Å². The van der Waals surface area contributed by atoms with Gasteiger partial charge in [0.1, 0.15) is 5.75 Å². The number of halogens is 3. The number of hydrogen-bond acceptors (Lipinski definition) is 4. The minimum absolute atomic E-state index is 0.0676. The fourth-order valence-corrected chi connectivity index (χ4v) is 0.850. The quantitative estimate of drug-likeness (QED) is 0.759. The maximum Gasteiger partial charge on any atom is 0.573 e. The molecule has 0 saturated carbocycles. The van der Waals surface area contributed by atoms with Crippen LogP contribution in [0.5, 0.6) is 5.75 Å². The van der Waals surface area contributed by atoms with E-state index in [0.717, 1.165) is 12.3 Å². The maximum absolute atomic E-state index is 11.7. The minimum atomic E-state index is -4.74. The topological polar surface area (TPSA) is 74.2 Å². The lowest BCUT2D eigenvalue weighted by Gasteiger charge is -2.09. The molecule has 1 heterocycles. The molecular weight excluding hydrogens is 199 g/mol. The molecule has 7 heteroatoms. The Labute approximate surface area is 77.7 Å². The van der Waals surface area contributed by atoms with Gasteiger partial charge >= 0.3 is 6.36 Å². The molecule has 14 heavy (non-hydrogen) atoms. The Hall–Kier alpha value is -1.50. The molecule has 0 aromatic carbocycles. The first-order valence-electron chi connectivity index (χ1n) is 3.62. The fourth-order valence-electron chi connectivity index (χ4n) is 0.850. The van der Waals surface area contributed by atoms with Gasteiger partial charge in [0.25, 0.3) is 0 Å². The van der Waals surface area contributed by atoms with E-state index < -0.39 is 12.1 Å². The predicted octanol–water partition coefficient (Wildman–Crippen LogP) is 1.02. The van der Waals surface area contributed by atoms with Gasteiger partial charge in [-0.25, -0.2) is 0 Å². The first kappa shape index (κ1) is 10.6. The summed E-state index contributed by atoms with van der Waals surface area (Å²) in [5, 5.41) is 0. The zero-order valence-corrected chi connectivity index (χ0v) is 7.01. The number of ether oxygens (including phenoxy) is 1. The average Bonchev–Trinajstić information content (AvgIpc) is 2.01. The van der Waals surface area contributed by atoms with Gasteiger partial charge in [-0.05, 0) is 0 Å². The lowest BCUT2D eigenvalue weighted by molar-refractivity contribution is -0.274. The number of alkyl halides is 3. The van der Waals surface area contributed by atoms with E-state index in [-0.39, 0.29) is 12.2 Å². The van der Waals surface area contributed by atoms with E-state index >= 15 is 0 Å². The van der Waals surface area contributed by atoms with Crippen LogP contribution in [0.3, 0.4) is 0 Å². The first-order valence-corrected chi connectivity index (χ1v) is 3.62. The highest BCUT2D eigenvalue weighted by Gasteiger charge is 2.31. The Kier molecular flexibility index (Phi) is 2.80. The van der Waals surface area contributed by atoms with Gasteiger partial charge in [-0.3, -0.25) is 4.98 Å². The standard InChI is InChI=1S/C7H8F3N3O/c8-7(9,10)14-4-1-5(12)6(2-11)13-3-4/h1,3H,2,11-12H2. The number of hydrogen-bond donors (Lipinski definition) is 2. The van der Waals surface area contributed by atoms with Crippen molar-refractivity contribution in [3.63, 3.8) is 0 Å². The minimum Gasteiger partial charge on any atom is -0.404 e. The van der Waals surface area contributed by atoms with Crippen molar-refractivity contribution in [2.45, 2.75) is 12.9 Å². The van der Waals surface area contributed by atoms with E-state index in [0.29, 0.717) is 5.69 Å². The molecule has 4 nitrogen and oxygen atoms in total. The third-order valence-electron chi connectivity index (χ3n) is 1.41. The molecule has 0 saturated heterocycles. The van der Waals surface area contributed by atoms with Crippen molar-refractivity contribution in [1.82, 2.24) is 4.98 Å². The van der Waals surface area contributed by atoms with Crippen molar-refractivity contribution in [3.8, 4) is 5.75 Å². The summed E-state index contributed by atoms with van der Waals surface area (Å²) >= 11 is 0. The van der Waals surface area contributed by atoms with Crippen LogP contribution in [-0.4, -0.2) is 11.3 Å². The molecule has 0 aliphatic heterocycles. The van der Waals surface area contributed by atoms with Crippen molar-refractivity contribution < 1.29 is 17.9 Å². The van der Waals surface area contributed by atoms with E-state index in [1.54, 1.807) is 0 Å². The van der Waals surface area contributed by atoms with Crippen molar-refractivity contribution in [3.05, 3.63) is 18.0 Å². The van der Waals surface area contributed by atoms with E-state index in [2.05, 4.69) is 9.72 Å². The summed E-state index contributed by atoms with van der Waals surface area (Å²) in [5.41, 5.74) is 11.0. The highest BCUT2D eigenvalue weighted by molar-refractivity contribution is 5.46. The van der Waals surface area contributed by atoms with Crippen molar-refractivity contribution in [1.29, 1.82) is 0 Å². The van der Waals surface area contributed by atoms with Crippen molar-refractivity contribution >= 4 is 5.69 Å². The van der Waals surface area contributed by atoms with E-state index in [1.807, 2.05) is 0 Å². The summed E-state index contributed by atoms with van der Waals surface area (Å²) in [6.45, 7) is 0.0676. The normalized spacial score (nSPS) is 11.4. The summed E-state index contributed by atoms with van der Waals surface area (Å²) < 4.78 is 38.8. The molecule has 0 spiro atoms. The molecular formula is C7H8F3N3O. The van der Waals surface area contributed by atoms with Crippen molar-refractivity contribution in [2.24, 2.45) is 5.73 Å². The van der Waals surface area contributed by atoms with E-state index in [9.17, 15) is 13.2 Å². The Morgan fingerprint density at radius 3 is 2.50 bits per heavy atom. The summed E-state index contributed by atoms with van der Waals surface area (Å²) in [6, 6.07) is 1.03. The number of aromatic nitrogens is 1. The van der Waals surface area contributed by atoms with Gasteiger partial charge in [0.2, 0.25) is 0 Å². The van der Waals surface area contributed by atoms with Crippen LogP contribution in [0.4, 0.5) is 18.9 Å². The van der Waals surface area contributed by atoms with Crippen LogP contribution in [-0.2, 0) is 6.54 Å². The zero-order chi connectivity index (χ0) is 10.8. The number of nitrogens with zero attached hydrogens (tertiary/aromatic N) is 1. The summed E-state index contributed by atoms with van der Waals surface area (Å²) in [4.78, 5) is 3.61. The van der Waals surface area contributed by atoms with Gasteiger partial charge in [-0.2, -0.15) is 0 Å². The van der Waals surface area contributed by atoms with E-state index in [4.69, 9.17) is 11.5 Å². The molecule has 0 fully saturated rings. The second-order valence-corrected chi connectivity index (χ2v) is 2.46. The molecule has 0 amide bonds. The fraction of sp³-hybridized carbons (Fsp3) is 0.286. The lowest BCUT2D eigenvalue weighted by Crippen LogP contribution is -2.17. The zero-order valence-electron chi connectivity index (χ0n) is 7.01. The summed E-state index contributed by atoms with van der Waals surface area (Å²) in [5.74, 6) is -0.452. The van der Waals surface area contributed by atoms with Crippen LogP contribution in [0.1, 0.15) is 5.69 Å². The molecule has 0 aliphatic rings. The van der Waals surface area contributed by atoms with Crippen molar-refractivity contribution in [2.75, 3.05) is 5.73 Å². The molecule has 4 N–H and O–H groups in total. The van der Waals surface area contributed by atoms with Gasteiger partial charge in [-0.1, -0.05) is 0 Å². The molecule has 1 rings (SSSR count). The third kappa shape index (κ3) is 2.77. The average molecular weight is 207 g/mol. The second kappa shape index (κ2) is 3.70. The maximum atomic E-state index is 11.7. The SMILES string of the molecule is NCc1ncc(OC(F)(F)F)cc1N. The largest absolute Gasteiger partial charge is 0.573 e. The van der Waals surface area contributed by atoms with Gasteiger partial charge < -0.3 is 16.2 Å². The Bertz CT molecular complexity index is 326. The van der Waals surface area contributed by atoms with Crippen LogP contribution >= 0.6 is 0 Å². The third-order valence-corrected chi connectivity index (χ3v) is 1.41. The monoisotopic (exact) mass is 207 g/mol. The van der Waals surface area contributed by atoms with E-state index in [1.165, 1.54) is 0 Å². The number of rotatable bonds is 2. The smallest absolute Gasteiger partial charge is 0.404 e. The van der Waals surface area contributed by atoms with Crippen LogP contribution in [0.25, 0.3) is 0 Å². The van der Waals surface area contributed by atoms with Gasteiger partial charge in [0.05, 0.1) is 17.6 Å². The molecule has 0 atom stereocenters. The number of nitrogen functional groups attached to an aromatic ring is 1. The summed E-state index contributed by atoms with van der Waals surface area (Å²) in [7, 11) is 0. The molecule has 0 unspecified atom stereocenters. The number of anilines is 1. The summed E-state index contributed by atoms with van der Waals surface area (Å²) in [6.07, 6.45) is -3.82. The van der Waals surface area contributed by atoms with Crippen LogP contribution < -0.4 is 16.2 Å².